The molecular formula is C31H19Cl2NO5S. The van der Waals surface area contributed by atoms with E-state index in [1.165, 1.54) is 23.5 Å². The minimum absolute atomic E-state index is 0.0997. The summed E-state index contributed by atoms with van der Waals surface area (Å²) in [5, 5.41) is 1.76. The normalized spacial score (nSPS) is 25.8. The van der Waals surface area contributed by atoms with Crippen LogP contribution < -0.4 is 4.90 Å². The molecule has 3 aliphatic carbocycles. The van der Waals surface area contributed by atoms with Gasteiger partial charge in [-0.25, -0.2) is 9.69 Å². The molecule has 2 atom stereocenters. The summed E-state index contributed by atoms with van der Waals surface area (Å²) in [4.78, 5) is 52.3. The van der Waals surface area contributed by atoms with Gasteiger partial charge in [0.05, 0.1) is 28.0 Å². The average Bonchev–Trinajstić information content (AvgIpc) is 3.61. The number of hydrogen-bond donors (Lipinski definition) is 0. The monoisotopic (exact) mass is 587 g/mol. The van der Waals surface area contributed by atoms with E-state index in [9.17, 15) is 19.2 Å². The number of alkyl halides is 2. The largest absolute Gasteiger partial charge is 0.454 e. The van der Waals surface area contributed by atoms with E-state index >= 15 is 0 Å². The first-order valence-electron chi connectivity index (χ1n) is 12.6. The third kappa shape index (κ3) is 3.22. The molecule has 0 spiro atoms. The Balaban J connectivity index is 1.26. The van der Waals surface area contributed by atoms with Crippen LogP contribution >= 0.6 is 34.5 Å². The van der Waals surface area contributed by atoms with E-state index in [2.05, 4.69) is 0 Å². The number of carbonyl (C=O) groups is 4. The van der Waals surface area contributed by atoms with Gasteiger partial charge in [0.1, 0.15) is 9.75 Å². The van der Waals surface area contributed by atoms with Gasteiger partial charge in [-0.05, 0) is 51.9 Å². The zero-order valence-corrected chi connectivity index (χ0v) is 23.0. The lowest BCUT2D eigenvalue weighted by molar-refractivity contribution is -0.122. The molecule has 2 bridgehead atoms. The van der Waals surface area contributed by atoms with E-state index in [4.69, 9.17) is 27.9 Å². The van der Waals surface area contributed by atoms with E-state index < -0.39 is 46.0 Å². The molecule has 6 nitrogen and oxygen atoms in total. The van der Waals surface area contributed by atoms with Gasteiger partial charge >= 0.3 is 5.97 Å². The Morgan fingerprint density at radius 2 is 1.32 bits per heavy atom. The first-order valence-corrected chi connectivity index (χ1v) is 14.2. The number of benzene rings is 3. The summed E-state index contributed by atoms with van der Waals surface area (Å²) in [5.74, 6) is -3.95. The fourth-order valence-electron chi connectivity index (χ4n) is 6.42. The van der Waals surface area contributed by atoms with Crippen molar-refractivity contribution in [2.75, 3.05) is 11.5 Å². The van der Waals surface area contributed by atoms with Gasteiger partial charge in [0.2, 0.25) is 17.6 Å². The molecule has 2 amide bonds. The molecule has 0 radical (unpaired) electrons. The minimum atomic E-state index is -1.30. The predicted molar refractivity (Wildman–Crippen MR) is 151 cm³/mol. The molecule has 1 aromatic heterocycles. The van der Waals surface area contributed by atoms with Crippen molar-refractivity contribution in [3.8, 4) is 0 Å². The molecule has 0 saturated carbocycles. The number of nitrogens with zero attached hydrogens (tertiary/aromatic N) is 1. The van der Waals surface area contributed by atoms with Crippen LogP contribution in [0.4, 0.5) is 5.69 Å². The van der Waals surface area contributed by atoms with Crippen LogP contribution in [0.25, 0.3) is 0 Å². The number of carbonyl (C=O) groups excluding carboxylic acids is 4. The van der Waals surface area contributed by atoms with Crippen molar-refractivity contribution < 1.29 is 23.9 Å². The lowest BCUT2D eigenvalue weighted by Crippen LogP contribution is -2.57. The smallest absolute Gasteiger partial charge is 0.338 e. The van der Waals surface area contributed by atoms with Gasteiger partial charge in [-0.1, -0.05) is 60.7 Å². The predicted octanol–water partition coefficient (Wildman–Crippen LogP) is 5.89. The number of hydrogen-bond acceptors (Lipinski definition) is 6. The Labute approximate surface area is 243 Å². The second-order valence-corrected chi connectivity index (χ2v) is 12.1. The van der Waals surface area contributed by atoms with Crippen LogP contribution in [0.3, 0.4) is 0 Å². The Kier molecular flexibility index (Phi) is 5.58. The highest BCUT2D eigenvalue weighted by Gasteiger charge is 2.73. The molecule has 8 rings (SSSR count). The lowest BCUT2D eigenvalue weighted by atomic mass is 9.54. The number of amides is 2. The van der Waals surface area contributed by atoms with Crippen molar-refractivity contribution in [1.82, 2.24) is 0 Å². The van der Waals surface area contributed by atoms with Gasteiger partial charge in [-0.3, -0.25) is 14.4 Å². The zero-order chi connectivity index (χ0) is 27.8. The maximum atomic E-state index is 14.1. The quantitative estimate of drug-likeness (QED) is 0.126. The van der Waals surface area contributed by atoms with Crippen LogP contribution in [0.5, 0.6) is 0 Å². The molecule has 4 aliphatic rings. The fourth-order valence-corrected chi connectivity index (χ4v) is 8.17. The SMILES string of the molecule is O=C(OCC(=O)c1cccs1)c1cccc(N2C(=O)[C@H]3[C@H](C2=O)C2(Cl)c4ccccc4C3(Cl)c3ccccc32)c1. The first-order chi connectivity index (χ1) is 19.3. The van der Waals surface area contributed by atoms with E-state index in [0.29, 0.717) is 27.1 Å². The number of rotatable bonds is 5. The number of imide groups is 1. The maximum absolute atomic E-state index is 14.1. The average molecular weight is 588 g/mol. The highest BCUT2D eigenvalue weighted by Crippen LogP contribution is 2.69. The van der Waals surface area contributed by atoms with E-state index in [-0.39, 0.29) is 17.0 Å². The molecule has 2 heterocycles. The summed E-state index contributed by atoms with van der Waals surface area (Å²) < 4.78 is 5.23. The third-order valence-corrected chi connectivity index (χ3v) is 10.3. The van der Waals surface area contributed by atoms with Crippen LogP contribution in [-0.4, -0.2) is 30.2 Å². The van der Waals surface area contributed by atoms with Gasteiger partial charge in [-0.15, -0.1) is 34.5 Å². The van der Waals surface area contributed by atoms with Crippen molar-refractivity contribution in [3.05, 3.63) is 123 Å². The van der Waals surface area contributed by atoms with E-state index in [1.807, 2.05) is 48.5 Å². The maximum Gasteiger partial charge on any atom is 0.338 e. The summed E-state index contributed by atoms with van der Waals surface area (Å²) >= 11 is 16.2. The molecule has 4 aromatic rings. The Morgan fingerprint density at radius 1 is 0.775 bits per heavy atom. The molecule has 1 fully saturated rings. The van der Waals surface area contributed by atoms with Gasteiger partial charge in [0.25, 0.3) is 0 Å². The summed E-state index contributed by atoms with van der Waals surface area (Å²) in [5.41, 5.74) is 3.15. The van der Waals surface area contributed by atoms with Crippen molar-refractivity contribution in [3.63, 3.8) is 0 Å². The molecule has 1 saturated heterocycles. The molecule has 1 aliphatic heterocycles. The van der Waals surface area contributed by atoms with Gasteiger partial charge in [0.15, 0.2) is 6.61 Å². The zero-order valence-electron chi connectivity index (χ0n) is 20.7. The molecule has 198 valence electrons. The summed E-state index contributed by atoms with van der Waals surface area (Å²) in [7, 11) is 0. The molecule has 3 aromatic carbocycles. The van der Waals surface area contributed by atoms with Gasteiger partial charge < -0.3 is 4.74 Å². The van der Waals surface area contributed by atoms with Crippen molar-refractivity contribution in [1.29, 1.82) is 0 Å². The summed E-state index contributed by atoms with van der Waals surface area (Å²) in [6.07, 6.45) is 0. The minimum Gasteiger partial charge on any atom is -0.454 e. The van der Waals surface area contributed by atoms with Crippen LogP contribution in [0.2, 0.25) is 0 Å². The number of halogens is 2. The number of thiophene rings is 1. The lowest BCUT2D eigenvalue weighted by Gasteiger charge is -2.54. The van der Waals surface area contributed by atoms with Crippen LogP contribution in [0, 0.1) is 11.8 Å². The Morgan fingerprint density at radius 3 is 1.82 bits per heavy atom. The topological polar surface area (TPSA) is 80.8 Å². The second-order valence-electron chi connectivity index (χ2n) is 10.0. The summed E-state index contributed by atoms with van der Waals surface area (Å²) in [6, 6.07) is 24.3. The Hall–Kier alpha value is -3.78. The standard InChI is InChI=1S/C31H19Cl2NO5S/c32-30-19-9-1-2-10-20(19)31(33,22-12-4-3-11-21(22)30)26-25(30)27(36)34(28(26)37)18-8-5-7-17(15-18)29(38)39-16-23(35)24-13-6-14-40-24/h1-15,25-26H,16H2/t25-,26-,30?,31?/m1/s1. The summed E-state index contributed by atoms with van der Waals surface area (Å²) in [6.45, 7) is -0.421. The number of ketones is 1. The van der Waals surface area contributed by atoms with Crippen LogP contribution in [0.1, 0.15) is 42.3 Å². The number of esters is 1. The van der Waals surface area contributed by atoms with Crippen molar-refractivity contribution >= 4 is 63.8 Å². The highest BCUT2D eigenvalue weighted by atomic mass is 35.5. The molecule has 0 N–H and O–H groups in total. The van der Waals surface area contributed by atoms with Crippen molar-refractivity contribution in [2.24, 2.45) is 11.8 Å². The van der Waals surface area contributed by atoms with Crippen molar-refractivity contribution in [2.45, 2.75) is 9.75 Å². The van der Waals surface area contributed by atoms with Crippen LogP contribution in [-0.2, 0) is 24.1 Å². The van der Waals surface area contributed by atoms with E-state index in [1.54, 1.807) is 29.6 Å². The second kappa shape index (κ2) is 8.86. The molecule has 9 heteroatoms. The van der Waals surface area contributed by atoms with Gasteiger partial charge in [-0.2, -0.15) is 0 Å². The number of ether oxygens (including phenoxy) is 1. The van der Waals surface area contributed by atoms with Crippen LogP contribution in [0.15, 0.2) is 90.3 Å². The first kappa shape index (κ1) is 25.2. The van der Waals surface area contributed by atoms with E-state index in [0.717, 1.165) is 4.90 Å². The van der Waals surface area contributed by atoms with Gasteiger partial charge in [0, 0.05) is 0 Å². The molecule has 40 heavy (non-hydrogen) atoms. The third-order valence-electron chi connectivity index (χ3n) is 8.06. The fraction of sp³-hybridized carbons (Fsp3) is 0.161. The number of Topliss-reactive ketones (excluding diaryl/α,β-unsaturated/α-hetero) is 1. The molecular weight excluding hydrogens is 569 g/mol. The molecule has 0 unspecified atom stereocenters. The number of anilines is 1. The highest BCUT2D eigenvalue weighted by molar-refractivity contribution is 7.12. The Bertz CT molecular complexity index is 1630.